The maximum Gasteiger partial charge on any atom is 0.330 e. The van der Waals surface area contributed by atoms with Gasteiger partial charge in [-0.25, -0.2) is 4.79 Å². The van der Waals surface area contributed by atoms with Crippen molar-refractivity contribution in [1.29, 1.82) is 0 Å². The van der Waals surface area contributed by atoms with Crippen molar-refractivity contribution in [2.75, 3.05) is 13.6 Å². The summed E-state index contributed by atoms with van der Waals surface area (Å²) >= 11 is 0. The van der Waals surface area contributed by atoms with Gasteiger partial charge in [-0.3, -0.25) is 4.79 Å². The smallest absolute Gasteiger partial charge is 0.330 e. The third kappa shape index (κ3) is 3.89. The molecule has 13 heavy (non-hydrogen) atoms. The first-order valence-electron chi connectivity index (χ1n) is 4.09. The molecule has 0 rings (SSSR count). The second-order valence-electron chi connectivity index (χ2n) is 3.43. The van der Waals surface area contributed by atoms with Crippen LogP contribution in [0.25, 0.3) is 0 Å². The highest BCUT2D eigenvalue weighted by atomic mass is 16.4. The lowest BCUT2D eigenvalue weighted by molar-refractivity contribution is -0.146. The largest absolute Gasteiger partial charge is 0.480 e. The van der Waals surface area contributed by atoms with Crippen LogP contribution in [0.15, 0.2) is 0 Å². The molecule has 0 saturated heterocycles. The van der Waals surface area contributed by atoms with E-state index in [0.717, 1.165) is 0 Å². The molecule has 0 aliphatic rings. The van der Waals surface area contributed by atoms with Gasteiger partial charge in [-0.15, -0.1) is 0 Å². The highest BCUT2D eigenvalue weighted by molar-refractivity contribution is 6.00. The van der Waals surface area contributed by atoms with Crippen LogP contribution in [-0.2, 0) is 9.59 Å². The average Bonchev–Trinajstić information content (AvgIpc) is 2.00. The summed E-state index contributed by atoms with van der Waals surface area (Å²) in [7, 11) is 1.55. The number of amides is 1. The predicted octanol–water partition coefficient (Wildman–Crippen LogP) is -0.487. The zero-order chi connectivity index (χ0) is 10.6. The molecule has 1 atom stereocenters. The van der Waals surface area contributed by atoms with E-state index in [1.165, 1.54) is 4.90 Å². The molecule has 0 aromatic carbocycles. The number of nitrogens with zero attached hydrogens (tertiary/aromatic N) is 1. The highest BCUT2D eigenvalue weighted by Crippen LogP contribution is 1.97. The predicted molar refractivity (Wildman–Crippen MR) is 48.1 cm³/mol. The molecule has 0 aliphatic heterocycles. The molecule has 5 heteroatoms. The fraction of sp³-hybridized carbons (Fsp3) is 0.750. The first-order chi connectivity index (χ1) is 5.86. The van der Waals surface area contributed by atoms with Crippen molar-refractivity contribution in [3.8, 4) is 0 Å². The van der Waals surface area contributed by atoms with Crippen LogP contribution in [0.3, 0.4) is 0 Å². The van der Waals surface area contributed by atoms with E-state index in [4.69, 9.17) is 10.8 Å². The van der Waals surface area contributed by atoms with E-state index in [9.17, 15) is 9.59 Å². The van der Waals surface area contributed by atoms with Crippen LogP contribution in [0.2, 0.25) is 0 Å². The van der Waals surface area contributed by atoms with Crippen LogP contribution in [-0.4, -0.2) is 41.5 Å². The number of likely N-dealkylation sites (N-methyl/N-ethyl adjacent to an activating group) is 1. The molecular formula is C8H16N2O3. The van der Waals surface area contributed by atoms with Crippen molar-refractivity contribution in [2.45, 2.75) is 19.9 Å². The molecule has 0 fully saturated rings. The van der Waals surface area contributed by atoms with Crippen LogP contribution >= 0.6 is 0 Å². The first kappa shape index (κ1) is 11.9. The topological polar surface area (TPSA) is 83.6 Å². The quantitative estimate of drug-likeness (QED) is 0.583. The van der Waals surface area contributed by atoms with E-state index >= 15 is 0 Å². The van der Waals surface area contributed by atoms with Gasteiger partial charge in [-0.05, 0) is 5.92 Å². The number of nitrogens with two attached hydrogens (primary N) is 1. The third-order valence-electron chi connectivity index (χ3n) is 1.55. The Balaban J connectivity index is 4.17. The van der Waals surface area contributed by atoms with Gasteiger partial charge < -0.3 is 15.7 Å². The van der Waals surface area contributed by atoms with Crippen LogP contribution in [0.1, 0.15) is 13.8 Å². The van der Waals surface area contributed by atoms with Crippen LogP contribution < -0.4 is 5.73 Å². The van der Waals surface area contributed by atoms with Crippen LogP contribution in [0, 0.1) is 5.92 Å². The van der Waals surface area contributed by atoms with Gasteiger partial charge in [-0.2, -0.15) is 0 Å². The summed E-state index contributed by atoms with van der Waals surface area (Å²) in [5.41, 5.74) is 5.15. The highest BCUT2D eigenvalue weighted by Gasteiger charge is 2.24. The van der Waals surface area contributed by atoms with Crippen molar-refractivity contribution in [2.24, 2.45) is 11.7 Å². The van der Waals surface area contributed by atoms with Gasteiger partial charge in [0.2, 0.25) is 0 Å². The van der Waals surface area contributed by atoms with Crippen molar-refractivity contribution in [3.63, 3.8) is 0 Å². The molecule has 0 aromatic heterocycles. The van der Waals surface area contributed by atoms with Crippen LogP contribution in [0.5, 0.6) is 0 Å². The molecule has 1 unspecified atom stereocenters. The molecule has 0 bridgehead atoms. The SMILES string of the molecule is CC(C)CN(C)C(=O)C(N)C(=O)O. The van der Waals surface area contributed by atoms with Crippen molar-refractivity contribution in [1.82, 2.24) is 4.90 Å². The van der Waals surface area contributed by atoms with Crippen molar-refractivity contribution < 1.29 is 14.7 Å². The number of rotatable bonds is 4. The fourth-order valence-electron chi connectivity index (χ4n) is 0.981. The Kier molecular flexibility index (Phi) is 4.40. The van der Waals surface area contributed by atoms with Gasteiger partial charge in [0.25, 0.3) is 5.91 Å². The molecule has 0 aromatic rings. The summed E-state index contributed by atoms with van der Waals surface area (Å²) in [6, 6.07) is -1.44. The molecular weight excluding hydrogens is 172 g/mol. The Morgan fingerprint density at radius 1 is 1.46 bits per heavy atom. The fourth-order valence-corrected chi connectivity index (χ4v) is 0.981. The summed E-state index contributed by atoms with van der Waals surface area (Å²) in [4.78, 5) is 22.9. The lowest BCUT2D eigenvalue weighted by Crippen LogP contribution is -2.47. The zero-order valence-corrected chi connectivity index (χ0v) is 8.15. The Morgan fingerprint density at radius 3 is 2.23 bits per heavy atom. The minimum absolute atomic E-state index is 0.301. The normalized spacial score (nSPS) is 12.7. The minimum atomic E-state index is -1.44. The number of carbonyl (C=O) groups excluding carboxylic acids is 1. The van der Waals surface area contributed by atoms with E-state index in [2.05, 4.69) is 0 Å². The second kappa shape index (κ2) is 4.81. The van der Waals surface area contributed by atoms with Gasteiger partial charge in [0, 0.05) is 13.6 Å². The molecule has 1 amide bonds. The lowest BCUT2D eigenvalue weighted by Gasteiger charge is -2.20. The van der Waals surface area contributed by atoms with Gasteiger partial charge in [0.1, 0.15) is 0 Å². The third-order valence-corrected chi connectivity index (χ3v) is 1.55. The molecule has 0 saturated carbocycles. The number of hydrogen-bond acceptors (Lipinski definition) is 3. The number of carboxylic acids is 1. The Morgan fingerprint density at radius 2 is 1.92 bits per heavy atom. The Labute approximate surface area is 77.5 Å². The van der Waals surface area contributed by atoms with Gasteiger partial charge in [-0.1, -0.05) is 13.8 Å². The molecule has 5 nitrogen and oxygen atoms in total. The van der Waals surface area contributed by atoms with E-state index in [-0.39, 0.29) is 0 Å². The second-order valence-corrected chi connectivity index (χ2v) is 3.43. The Bertz CT molecular complexity index is 204. The minimum Gasteiger partial charge on any atom is -0.480 e. The van der Waals surface area contributed by atoms with E-state index in [1.54, 1.807) is 7.05 Å². The first-order valence-corrected chi connectivity index (χ1v) is 4.09. The van der Waals surface area contributed by atoms with E-state index < -0.39 is 17.9 Å². The Hall–Kier alpha value is -1.10. The van der Waals surface area contributed by atoms with E-state index in [0.29, 0.717) is 12.5 Å². The summed E-state index contributed by atoms with van der Waals surface area (Å²) in [6.45, 7) is 4.39. The molecule has 0 aliphatic carbocycles. The number of carboxylic acid groups (broad SMARTS) is 1. The average molecular weight is 188 g/mol. The van der Waals surface area contributed by atoms with Crippen molar-refractivity contribution in [3.05, 3.63) is 0 Å². The van der Waals surface area contributed by atoms with Crippen molar-refractivity contribution >= 4 is 11.9 Å². The molecule has 76 valence electrons. The maximum atomic E-state index is 11.2. The number of carbonyl (C=O) groups is 2. The molecule has 3 N–H and O–H groups in total. The van der Waals surface area contributed by atoms with Crippen LogP contribution in [0.4, 0.5) is 0 Å². The van der Waals surface area contributed by atoms with Gasteiger partial charge >= 0.3 is 5.97 Å². The van der Waals surface area contributed by atoms with Gasteiger partial charge in [0.15, 0.2) is 6.04 Å². The van der Waals surface area contributed by atoms with Gasteiger partial charge in [0.05, 0.1) is 0 Å². The number of aliphatic carboxylic acids is 1. The zero-order valence-electron chi connectivity index (χ0n) is 8.15. The lowest BCUT2D eigenvalue weighted by atomic mass is 10.2. The monoisotopic (exact) mass is 188 g/mol. The molecule has 0 heterocycles. The standard InChI is InChI=1S/C8H16N2O3/c1-5(2)4-10(3)7(11)6(9)8(12)13/h5-6H,4,9H2,1-3H3,(H,12,13). The summed E-state index contributed by atoms with van der Waals surface area (Å²) in [5.74, 6) is -1.54. The molecule has 0 radical (unpaired) electrons. The summed E-state index contributed by atoms with van der Waals surface area (Å²) in [6.07, 6.45) is 0. The molecule has 0 spiro atoms. The van der Waals surface area contributed by atoms with E-state index in [1.807, 2.05) is 13.8 Å². The summed E-state index contributed by atoms with van der Waals surface area (Å²) in [5, 5.41) is 8.46. The maximum absolute atomic E-state index is 11.2. The number of hydrogen-bond donors (Lipinski definition) is 2. The summed E-state index contributed by atoms with van der Waals surface area (Å²) < 4.78 is 0.